The van der Waals surface area contributed by atoms with Gasteiger partial charge in [0.25, 0.3) is 5.91 Å². The summed E-state index contributed by atoms with van der Waals surface area (Å²) in [5.41, 5.74) is 0.845. The number of ether oxygens (including phenoxy) is 1. The Balaban J connectivity index is 1.75. The van der Waals surface area contributed by atoms with Crippen LogP contribution in [-0.2, 0) is 28.3 Å². The Morgan fingerprint density at radius 2 is 1.74 bits per heavy atom. The van der Waals surface area contributed by atoms with E-state index in [1.807, 2.05) is 6.92 Å². The molecule has 1 unspecified atom stereocenters. The number of hydrogen-bond acceptors (Lipinski definition) is 3. The molecule has 2 aromatic rings. The van der Waals surface area contributed by atoms with Crippen LogP contribution in [-0.4, -0.2) is 39.5 Å². The molecular weight excluding hydrogens is 527 g/mol. The summed E-state index contributed by atoms with van der Waals surface area (Å²) in [5.74, 6) is 0.202. The van der Waals surface area contributed by atoms with E-state index in [2.05, 4.69) is 10.0 Å². The van der Waals surface area contributed by atoms with Crippen molar-refractivity contribution in [2.24, 2.45) is 5.92 Å². The van der Waals surface area contributed by atoms with E-state index in [9.17, 15) is 22.2 Å². The van der Waals surface area contributed by atoms with Gasteiger partial charge in [-0.05, 0) is 76.6 Å². The van der Waals surface area contributed by atoms with Gasteiger partial charge in [-0.2, -0.15) is 13.2 Å². The molecule has 1 saturated carbocycles. The highest BCUT2D eigenvalue weighted by Gasteiger charge is 2.36. The van der Waals surface area contributed by atoms with Gasteiger partial charge in [0.15, 0.2) is 0 Å². The van der Waals surface area contributed by atoms with E-state index >= 15 is 0 Å². The highest BCUT2D eigenvalue weighted by atomic mass is 32.2. The van der Waals surface area contributed by atoms with Gasteiger partial charge < -0.3 is 14.6 Å². The van der Waals surface area contributed by atoms with Gasteiger partial charge in [-0.25, -0.2) is 8.93 Å². The van der Waals surface area contributed by atoms with Crippen LogP contribution in [0.2, 0.25) is 0 Å². The van der Waals surface area contributed by atoms with Gasteiger partial charge in [0.2, 0.25) is 0 Å². The summed E-state index contributed by atoms with van der Waals surface area (Å²) >= 11 is 0. The molecule has 2 heterocycles. The molecule has 0 bridgehead atoms. The number of nitrogens with one attached hydrogen (secondary N) is 2. The standard InChI is InChI=1S/C29H40F3N3O3S/c1-19-23(27(36)33-21-12-14-38-15-13-21)18-35(25(19)16-20-8-6-5-7-9-20)22-10-11-26(24(17-22)29(30,31)32)39(37)34-28(2,3)4/h10-11,17-18,20-21,34H,5-9,12-16H2,1-4H3,(H,33,36). The number of nitrogens with zero attached hydrogens (tertiary/aromatic N) is 1. The summed E-state index contributed by atoms with van der Waals surface area (Å²) in [5, 5.41) is 3.09. The monoisotopic (exact) mass is 567 g/mol. The summed E-state index contributed by atoms with van der Waals surface area (Å²) in [4.78, 5) is 13.0. The van der Waals surface area contributed by atoms with Crippen molar-refractivity contribution in [2.75, 3.05) is 13.2 Å². The quantitative estimate of drug-likeness (QED) is 0.416. The van der Waals surface area contributed by atoms with E-state index < -0.39 is 28.3 Å². The van der Waals surface area contributed by atoms with Crippen LogP contribution in [0.5, 0.6) is 0 Å². The molecule has 216 valence electrons. The maximum atomic E-state index is 14.2. The summed E-state index contributed by atoms with van der Waals surface area (Å²) < 4.78 is 65.5. The minimum Gasteiger partial charge on any atom is -0.381 e. The van der Waals surface area contributed by atoms with Crippen molar-refractivity contribution in [3.8, 4) is 5.69 Å². The summed E-state index contributed by atoms with van der Waals surface area (Å²) in [6.45, 7) is 8.32. The number of hydrogen-bond donors (Lipinski definition) is 2. The van der Waals surface area contributed by atoms with Crippen molar-refractivity contribution < 1.29 is 26.9 Å². The van der Waals surface area contributed by atoms with E-state index in [0.29, 0.717) is 36.8 Å². The van der Waals surface area contributed by atoms with Gasteiger partial charge in [0, 0.05) is 42.4 Å². The van der Waals surface area contributed by atoms with Crippen LogP contribution >= 0.6 is 0 Å². The number of carbonyl (C=O) groups excluding carboxylic acids is 1. The van der Waals surface area contributed by atoms with Crippen molar-refractivity contribution in [1.29, 1.82) is 0 Å². The number of halogens is 3. The number of benzene rings is 1. The normalized spacial score (nSPS) is 18.7. The molecule has 1 aliphatic carbocycles. The smallest absolute Gasteiger partial charge is 0.381 e. The number of amides is 1. The lowest BCUT2D eigenvalue weighted by Gasteiger charge is -2.24. The molecule has 1 aromatic heterocycles. The molecule has 10 heteroatoms. The summed E-state index contributed by atoms with van der Waals surface area (Å²) in [6.07, 6.45) is 4.74. The van der Waals surface area contributed by atoms with Gasteiger partial charge in [-0.1, -0.05) is 32.1 Å². The highest BCUT2D eigenvalue weighted by molar-refractivity contribution is 7.83. The zero-order valence-electron chi connectivity index (χ0n) is 23.2. The predicted molar refractivity (Wildman–Crippen MR) is 146 cm³/mol. The van der Waals surface area contributed by atoms with Gasteiger partial charge in [-0.15, -0.1) is 0 Å². The van der Waals surface area contributed by atoms with Crippen LogP contribution in [0.25, 0.3) is 5.69 Å². The van der Waals surface area contributed by atoms with E-state index in [1.54, 1.807) is 37.6 Å². The van der Waals surface area contributed by atoms with E-state index in [1.165, 1.54) is 12.5 Å². The molecule has 4 rings (SSSR count). The maximum absolute atomic E-state index is 14.2. The zero-order chi connectivity index (χ0) is 28.4. The molecule has 0 radical (unpaired) electrons. The number of carbonyl (C=O) groups is 1. The minimum absolute atomic E-state index is 0.0113. The van der Waals surface area contributed by atoms with Crippen molar-refractivity contribution >= 4 is 16.9 Å². The molecule has 1 saturated heterocycles. The summed E-state index contributed by atoms with van der Waals surface area (Å²) in [7, 11) is -2.05. The van der Waals surface area contributed by atoms with Crippen molar-refractivity contribution in [2.45, 2.75) is 102 Å². The van der Waals surface area contributed by atoms with E-state index in [4.69, 9.17) is 4.74 Å². The van der Waals surface area contributed by atoms with Crippen LogP contribution < -0.4 is 10.0 Å². The molecule has 1 amide bonds. The lowest BCUT2D eigenvalue weighted by molar-refractivity contribution is -0.139. The third kappa shape index (κ3) is 7.52. The fraction of sp³-hybridized carbons (Fsp3) is 0.621. The van der Waals surface area contributed by atoms with Gasteiger partial charge >= 0.3 is 6.18 Å². The van der Waals surface area contributed by atoms with Crippen molar-refractivity contribution in [3.63, 3.8) is 0 Å². The fourth-order valence-corrected chi connectivity index (χ4v) is 6.74. The highest BCUT2D eigenvalue weighted by Crippen LogP contribution is 2.37. The van der Waals surface area contributed by atoms with E-state index in [0.717, 1.165) is 55.8 Å². The second-order valence-corrected chi connectivity index (χ2v) is 13.0. The van der Waals surface area contributed by atoms with Crippen LogP contribution in [0.15, 0.2) is 29.3 Å². The average molecular weight is 568 g/mol. The van der Waals surface area contributed by atoms with Crippen LogP contribution in [0, 0.1) is 12.8 Å². The molecular formula is C29H40F3N3O3S. The van der Waals surface area contributed by atoms with Crippen molar-refractivity contribution in [3.05, 3.63) is 46.8 Å². The van der Waals surface area contributed by atoms with Crippen LogP contribution in [0.1, 0.15) is 92.9 Å². The van der Waals surface area contributed by atoms with Gasteiger partial charge in [0.1, 0.15) is 11.0 Å². The molecule has 39 heavy (non-hydrogen) atoms. The second-order valence-electron chi connectivity index (χ2n) is 11.9. The average Bonchev–Trinajstić information content (AvgIpc) is 3.19. The Labute approximate surface area is 231 Å². The number of aromatic nitrogens is 1. The molecule has 0 spiro atoms. The first-order valence-corrected chi connectivity index (χ1v) is 15.0. The first kappa shape index (κ1) is 29.8. The molecule has 1 aliphatic heterocycles. The first-order chi connectivity index (χ1) is 18.3. The lowest BCUT2D eigenvalue weighted by atomic mass is 9.85. The molecule has 1 atom stereocenters. The molecule has 6 nitrogen and oxygen atoms in total. The van der Waals surface area contributed by atoms with Crippen LogP contribution in [0.3, 0.4) is 0 Å². The largest absolute Gasteiger partial charge is 0.417 e. The third-order valence-corrected chi connectivity index (χ3v) is 9.09. The Morgan fingerprint density at radius 3 is 2.36 bits per heavy atom. The topological polar surface area (TPSA) is 72.4 Å². The Kier molecular flexibility index (Phi) is 9.28. The maximum Gasteiger partial charge on any atom is 0.417 e. The molecule has 2 fully saturated rings. The molecule has 2 N–H and O–H groups in total. The Morgan fingerprint density at radius 1 is 1.08 bits per heavy atom. The predicted octanol–water partition coefficient (Wildman–Crippen LogP) is 6.25. The van der Waals surface area contributed by atoms with E-state index in [-0.39, 0.29) is 16.8 Å². The van der Waals surface area contributed by atoms with Crippen molar-refractivity contribution in [1.82, 2.24) is 14.6 Å². The summed E-state index contributed by atoms with van der Waals surface area (Å²) in [6, 6.07) is 3.92. The van der Waals surface area contributed by atoms with Crippen LogP contribution in [0.4, 0.5) is 13.2 Å². The number of alkyl halides is 3. The SMILES string of the molecule is Cc1c(C(=O)NC2CCOCC2)cn(-c2ccc(S(=O)NC(C)(C)C)c(C(F)(F)F)c2)c1CC1CCCCC1. The minimum atomic E-state index is -4.70. The lowest BCUT2D eigenvalue weighted by Crippen LogP contribution is -2.39. The first-order valence-electron chi connectivity index (χ1n) is 13.8. The Bertz CT molecular complexity index is 1190. The number of rotatable bonds is 7. The second kappa shape index (κ2) is 12.1. The fourth-order valence-electron chi connectivity index (χ4n) is 5.50. The van der Waals surface area contributed by atoms with Gasteiger partial charge in [0.05, 0.1) is 16.0 Å². The molecule has 1 aromatic carbocycles. The van der Waals surface area contributed by atoms with Gasteiger partial charge in [-0.3, -0.25) is 4.79 Å². The molecule has 2 aliphatic rings. The third-order valence-electron chi connectivity index (χ3n) is 7.54. The Hall–Kier alpha value is -2.17. The zero-order valence-corrected chi connectivity index (χ0v) is 24.1.